The molecule has 57 heavy (non-hydrogen) atoms. The third-order valence-corrected chi connectivity index (χ3v) is 19.0. The molecule has 0 aliphatic carbocycles. The zero-order valence-electron chi connectivity index (χ0n) is 31.2. The Bertz CT molecular complexity index is 3050. The van der Waals surface area contributed by atoms with Crippen molar-refractivity contribution in [1.29, 1.82) is 0 Å². The van der Waals surface area contributed by atoms with E-state index in [1.54, 1.807) is 0 Å². The molecule has 1 nitrogen and oxygen atoms in total. The second-order valence-electron chi connectivity index (χ2n) is 14.8. The molecule has 9 aromatic carbocycles. The Balaban J connectivity index is 1.37. The molecule has 0 unspecified atom stereocenters. The number of hydrogen-bond donors (Lipinski definition) is 0. The Labute approximate surface area is 339 Å². The first-order valence-corrected chi connectivity index (χ1v) is 23.3. The molecule has 0 fully saturated rings. The Kier molecular flexibility index (Phi) is 8.26. The van der Waals surface area contributed by atoms with E-state index in [4.69, 9.17) is 0 Å². The van der Waals surface area contributed by atoms with Gasteiger partial charge >= 0.3 is 341 Å². The Hall–Kier alpha value is -6.48. The van der Waals surface area contributed by atoms with Gasteiger partial charge in [0.25, 0.3) is 0 Å². The quantitative estimate of drug-likeness (QED) is 0.112. The molecule has 0 radical (unpaired) electrons. The van der Waals surface area contributed by atoms with Gasteiger partial charge in [0, 0.05) is 0 Å². The van der Waals surface area contributed by atoms with Crippen LogP contribution in [0.5, 0.6) is 0 Å². The molecule has 268 valence electrons. The molecule has 0 saturated heterocycles. The van der Waals surface area contributed by atoms with Gasteiger partial charge in [-0.1, -0.05) is 0 Å². The minimum absolute atomic E-state index is 0.160. The summed E-state index contributed by atoms with van der Waals surface area (Å²) in [4.78, 5) is 0. The maximum atomic E-state index is 2.64. The number of nitrogens with zero attached hydrogens (tertiary/aromatic N) is 1. The van der Waals surface area contributed by atoms with Gasteiger partial charge in [-0.2, -0.15) is 0 Å². The fourth-order valence-corrected chi connectivity index (χ4v) is 16.7. The summed E-state index contributed by atoms with van der Waals surface area (Å²) >= 11 is 0.160. The molecule has 2 aromatic heterocycles. The van der Waals surface area contributed by atoms with Crippen LogP contribution in [0.1, 0.15) is 0 Å². The minimum atomic E-state index is -2.91. The molecule has 0 N–H and O–H groups in total. The third-order valence-electron chi connectivity index (χ3n) is 11.7. The van der Waals surface area contributed by atoms with Crippen molar-refractivity contribution in [2.24, 2.45) is 0 Å². The number of para-hydroxylation sites is 1. The second-order valence-corrected chi connectivity index (χ2v) is 20.8. The molecule has 0 aliphatic heterocycles. The van der Waals surface area contributed by atoms with Crippen molar-refractivity contribution in [3.8, 4) is 27.9 Å². The van der Waals surface area contributed by atoms with Crippen molar-refractivity contribution >= 4 is 84.4 Å². The molecule has 0 spiro atoms. The van der Waals surface area contributed by atoms with Crippen LogP contribution in [-0.2, 0) is 0 Å². The third kappa shape index (κ3) is 5.35. The van der Waals surface area contributed by atoms with E-state index in [0.29, 0.717) is 0 Å². The number of benzene rings is 9. The van der Waals surface area contributed by atoms with Crippen LogP contribution in [0.4, 0.5) is 0 Å². The zero-order valence-corrected chi connectivity index (χ0v) is 33.9. The van der Waals surface area contributed by atoms with Crippen LogP contribution in [0.2, 0.25) is 0 Å². The fraction of sp³-hybridized carbons (Fsp3) is 0. The van der Waals surface area contributed by atoms with E-state index >= 15 is 0 Å². The molecular weight excluding hydrogens is 770 g/mol. The van der Waals surface area contributed by atoms with Gasteiger partial charge in [0.15, 0.2) is 0 Å². The molecule has 11 aromatic rings. The SMILES string of the molecule is c1ccc(-c2cc([Si](c3ccccc3)(c3ccccc3)c3ccccc3)cc(-c3ccccc3)c2-n2c3ccccc3c3ccc4c5ccccc5[se]c4c32)cc1. The summed E-state index contributed by atoms with van der Waals surface area (Å²) in [5, 5.41) is 10.8. The van der Waals surface area contributed by atoms with Crippen LogP contribution in [0.15, 0.2) is 224 Å². The van der Waals surface area contributed by atoms with Crippen LogP contribution in [-0.4, -0.2) is 27.1 Å². The van der Waals surface area contributed by atoms with Gasteiger partial charge in [-0.15, -0.1) is 0 Å². The van der Waals surface area contributed by atoms with Crippen LogP contribution >= 0.6 is 0 Å². The molecular formula is C54H37NSeSi. The van der Waals surface area contributed by atoms with E-state index in [0.717, 1.165) is 0 Å². The predicted molar refractivity (Wildman–Crippen MR) is 247 cm³/mol. The van der Waals surface area contributed by atoms with Gasteiger partial charge in [0.1, 0.15) is 0 Å². The Morgan fingerprint density at radius 2 is 0.789 bits per heavy atom. The average Bonchev–Trinajstić information content (AvgIpc) is 3.84. The molecule has 0 saturated carbocycles. The first kappa shape index (κ1) is 33.8. The normalized spacial score (nSPS) is 11.9. The molecule has 0 atom stereocenters. The van der Waals surface area contributed by atoms with Gasteiger partial charge in [-0.25, -0.2) is 0 Å². The number of rotatable bonds is 7. The summed E-state index contributed by atoms with van der Waals surface area (Å²) in [7, 11) is -2.91. The molecule has 11 rings (SSSR count). The summed E-state index contributed by atoms with van der Waals surface area (Å²) in [6.07, 6.45) is 0. The summed E-state index contributed by atoms with van der Waals surface area (Å²) in [6, 6.07) is 84.0. The van der Waals surface area contributed by atoms with Gasteiger partial charge in [-0.05, 0) is 0 Å². The maximum absolute atomic E-state index is 2.91. The fourth-order valence-electron chi connectivity index (χ4n) is 9.29. The van der Waals surface area contributed by atoms with Crippen molar-refractivity contribution in [1.82, 2.24) is 4.57 Å². The van der Waals surface area contributed by atoms with E-state index in [9.17, 15) is 0 Å². The van der Waals surface area contributed by atoms with Gasteiger partial charge in [0.05, 0.1) is 0 Å². The van der Waals surface area contributed by atoms with E-state index < -0.39 is 8.07 Å². The van der Waals surface area contributed by atoms with Crippen LogP contribution in [0.25, 0.3) is 69.0 Å². The van der Waals surface area contributed by atoms with Crippen LogP contribution < -0.4 is 20.7 Å². The van der Waals surface area contributed by atoms with Crippen molar-refractivity contribution in [3.05, 3.63) is 224 Å². The number of aromatic nitrogens is 1. The van der Waals surface area contributed by atoms with E-state index in [1.165, 1.54) is 89.8 Å². The van der Waals surface area contributed by atoms with Crippen LogP contribution in [0, 0.1) is 0 Å². The summed E-state index contributed by atoms with van der Waals surface area (Å²) < 4.78 is 5.55. The Morgan fingerprint density at radius 3 is 1.33 bits per heavy atom. The molecule has 0 amide bonds. The molecule has 3 heteroatoms. The first-order valence-electron chi connectivity index (χ1n) is 19.6. The number of fused-ring (bicyclic) bond motifs is 7. The Morgan fingerprint density at radius 1 is 0.351 bits per heavy atom. The van der Waals surface area contributed by atoms with Crippen molar-refractivity contribution < 1.29 is 0 Å². The molecule has 2 heterocycles. The topological polar surface area (TPSA) is 4.93 Å². The molecule has 0 bridgehead atoms. The summed E-state index contributed by atoms with van der Waals surface area (Å²) in [5.74, 6) is 0. The summed E-state index contributed by atoms with van der Waals surface area (Å²) in [6.45, 7) is 0. The monoisotopic (exact) mass is 807 g/mol. The van der Waals surface area contributed by atoms with Gasteiger partial charge < -0.3 is 0 Å². The predicted octanol–water partition coefficient (Wildman–Crippen LogP) is 10.9. The average molecular weight is 807 g/mol. The van der Waals surface area contributed by atoms with E-state index in [2.05, 4.69) is 229 Å². The van der Waals surface area contributed by atoms with E-state index in [1.807, 2.05) is 0 Å². The van der Waals surface area contributed by atoms with Crippen molar-refractivity contribution in [2.45, 2.75) is 0 Å². The van der Waals surface area contributed by atoms with E-state index in [-0.39, 0.29) is 14.5 Å². The van der Waals surface area contributed by atoms with Gasteiger partial charge in [0.2, 0.25) is 0 Å². The first-order chi connectivity index (χ1) is 28.3. The van der Waals surface area contributed by atoms with Crippen molar-refractivity contribution in [3.63, 3.8) is 0 Å². The summed E-state index contributed by atoms with van der Waals surface area (Å²) in [5.41, 5.74) is 8.65. The zero-order chi connectivity index (χ0) is 37.8. The number of hydrogen-bond acceptors (Lipinski definition) is 0. The van der Waals surface area contributed by atoms with Crippen LogP contribution in [0.3, 0.4) is 0 Å². The van der Waals surface area contributed by atoms with Crippen molar-refractivity contribution in [2.75, 3.05) is 0 Å². The second kappa shape index (κ2) is 13.9. The molecule has 0 aliphatic rings. The standard InChI is InChI=1S/C54H37NSeSi/c1-6-20-38(21-7-1)48-36-43(57(40-24-10-3-11-25-40,41-26-12-4-13-27-41)42-28-14-5-15-29-42)37-49(39-22-8-2-9-23-39)52(48)55-50-32-18-16-30-44(50)46-34-35-47-45-31-17-19-33-51(45)56-54(47)53(46)55/h1-37H. The van der Waals surface area contributed by atoms with Gasteiger partial charge in [-0.3, -0.25) is 0 Å².